The van der Waals surface area contributed by atoms with Gasteiger partial charge in [0.2, 0.25) is 0 Å². The summed E-state index contributed by atoms with van der Waals surface area (Å²) in [5.41, 5.74) is 0.865. The van der Waals surface area contributed by atoms with Crippen LogP contribution in [0.15, 0.2) is 24.3 Å². The zero-order valence-electron chi connectivity index (χ0n) is 6.75. The van der Waals surface area contributed by atoms with Crippen LogP contribution in [0.1, 0.15) is 22.8 Å². The van der Waals surface area contributed by atoms with Crippen molar-refractivity contribution in [2.45, 2.75) is 6.92 Å². The first-order valence-electron chi connectivity index (χ1n) is 3.65. The summed E-state index contributed by atoms with van der Waals surface area (Å²) in [6, 6.07) is 4.51. The van der Waals surface area contributed by atoms with E-state index in [1.54, 1.807) is 12.1 Å². The van der Waals surface area contributed by atoms with Gasteiger partial charge in [-0.25, -0.2) is 4.39 Å². The molecule has 0 N–H and O–H groups in total. The van der Waals surface area contributed by atoms with Crippen LogP contribution in [-0.4, -0.2) is 6.29 Å². The third-order valence-corrected chi connectivity index (χ3v) is 1.51. The lowest BCUT2D eigenvalue weighted by Crippen LogP contribution is -1.87. The summed E-state index contributed by atoms with van der Waals surface area (Å²) < 4.78 is 12.9. The van der Waals surface area contributed by atoms with Gasteiger partial charge in [-0.05, 0) is 24.6 Å². The van der Waals surface area contributed by atoms with Gasteiger partial charge in [0, 0.05) is 0 Å². The number of hydrogen-bond acceptors (Lipinski definition) is 1. The number of allylic oxidation sites excluding steroid dienone is 1. The number of carbonyl (C=O) groups is 1. The molecule has 0 atom stereocenters. The van der Waals surface area contributed by atoms with Crippen molar-refractivity contribution in [2.24, 2.45) is 0 Å². The van der Waals surface area contributed by atoms with Crippen molar-refractivity contribution in [1.82, 2.24) is 0 Å². The molecule has 0 radical (unpaired) electrons. The SMILES string of the molecule is C/C=C/c1ccc(C=O)c(F)c1. The van der Waals surface area contributed by atoms with E-state index < -0.39 is 5.82 Å². The third-order valence-electron chi connectivity index (χ3n) is 1.51. The standard InChI is InChI=1S/C10H9FO/c1-2-3-8-4-5-9(7-12)10(11)6-8/h2-7H,1H3/b3-2+. The highest BCUT2D eigenvalue weighted by Crippen LogP contribution is 2.09. The summed E-state index contributed by atoms with van der Waals surface area (Å²) in [7, 11) is 0. The van der Waals surface area contributed by atoms with Crippen molar-refractivity contribution in [1.29, 1.82) is 0 Å². The van der Waals surface area contributed by atoms with Crippen LogP contribution in [0.2, 0.25) is 0 Å². The van der Waals surface area contributed by atoms with E-state index in [0.29, 0.717) is 6.29 Å². The number of benzene rings is 1. The van der Waals surface area contributed by atoms with E-state index in [9.17, 15) is 9.18 Å². The Kier molecular flexibility index (Phi) is 2.75. The summed E-state index contributed by atoms with van der Waals surface area (Å²) >= 11 is 0. The number of carbonyl (C=O) groups excluding carboxylic acids is 1. The molecule has 1 aromatic carbocycles. The molecule has 0 aliphatic rings. The first-order valence-corrected chi connectivity index (χ1v) is 3.65. The predicted octanol–water partition coefficient (Wildman–Crippen LogP) is 2.67. The highest BCUT2D eigenvalue weighted by molar-refractivity contribution is 5.75. The summed E-state index contributed by atoms with van der Waals surface area (Å²) in [4.78, 5) is 10.2. The molecule has 0 heterocycles. The Labute approximate surface area is 70.5 Å². The second kappa shape index (κ2) is 3.81. The van der Waals surface area contributed by atoms with E-state index in [1.165, 1.54) is 12.1 Å². The molecule has 0 aliphatic heterocycles. The molecule has 0 fully saturated rings. The molecule has 1 aromatic rings. The summed E-state index contributed by atoms with van der Waals surface area (Å²) in [6.45, 7) is 1.85. The Bertz CT molecular complexity index is 316. The van der Waals surface area contributed by atoms with E-state index >= 15 is 0 Å². The van der Waals surface area contributed by atoms with Crippen LogP contribution >= 0.6 is 0 Å². The summed E-state index contributed by atoms with van der Waals surface area (Å²) in [5.74, 6) is -0.472. The van der Waals surface area contributed by atoms with Gasteiger partial charge in [0.1, 0.15) is 5.82 Å². The smallest absolute Gasteiger partial charge is 0.152 e. The van der Waals surface area contributed by atoms with Crippen LogP contribution in [0.5, 0.6) is 0 Å². The van der Waals surface area contributed by atoms with Gasteiger partial charge in [-0.2, -0.15) is 0 Å². The summed E-state index contributed by atoms with van der Waals surface area (Å²) in [5, 5.41) is 0. The maximum atomic E-state index is 12.9. The van der Waals surface area contributed by atoms with E-state index in [1.807, 2.05) is 13.0 Å². The summed E-state index contributed by atoms with van der Waals surface area (Å²) in [6.07, 6.45) is 4.10. The van der Waals surface area contributed by atoms with Crippen molar-refractivity contribution in [3.05, 3.63) is 41.2 Å². The maximum absolute atomic E-state index is 12.9. The second-order valence-electron chi connectivity index (χ2n) is 2.40. The molecule has 0 spiro atoms. The van der Waals surface area contributed by atoms with Gasteiger partial charge in [0.25, 0.3) is 0 Å². The molecular formula is C10H9FO. The Hall–Kier alpha value is -1.44. The Morgan fingerprint density at radius 2 is 2.17 bits per heavy atom. The monoisotopic (exact) mass is 164 g/mol. The van der Waals surface area contributed by atoms with Crippen molar-refractivity contribution in [3.8, 4) is 0 Å². The molecule has 1 nitrogen and oxygen atoms in total. The van der Waals surface area contributed by atoms with Crippen molar-refractivity contribution in [2.75, 3.05) is 0 Å². The quantitative estimate of drug-likeness (QED) is 0.614. The van der Waals surface area contributed by atoms with E-state index in [0.717, 1.165) is 5.56 Å². The predicted molar refractivity (Wildman–Crippen MR) is 46.5 cm³/mol. The van der Waals surface area contributed by atoms with Crippen LogP contribution < -0.4 is 0 Å². The minimum Gasteiger partial charge on any atom is -0.298 e. The lowest BCUT2D eigenvalue weighted by Gasteiger charge is -1.95. The van der Waals surface area contributed by atoms with Crippen LogP contribution in [-0.2, 0) is 0 Å². The molecule has 0 saturated heterocycles. The van der Waals surface area contributed by atoms with Gasteiger partial charge in [-0.3, -0.25) is 4.79 Å². The molecule has 1 rings (SSSR count). The minimum absolute atomic E-state index is 0.100. The highest BCUT2D eigenvalue weighted by atomic mass is 19.1. The van der Waals surface area contributed by atoms with Crippen molar-refractivity contribution < 1.29 is 9.18 Å². The van der Waals surface area contributed by atoms with Crippen molar-refractivity contribution >= 4 is 12.4 Å². The molecule has 12 heavy (non-hydrogen) atoms. The van der Waals surface area contributed by atoms with Gasteiger partial charge in [0.05, 0.1) is 5.56 Å². The van der Waals surface area contributed by atoms with Crippen LogP contribution in [0.3, 0.4) is 0 Å². The van der Waals surface area contributed by atoms with E-state index in [-0.39, 0.29) is 5.56 Å². The lowest BCUT2D eigenvalue weighted by molar-refractivity contribution is 0.112. The first-order chi connectivity index (χ1) is 5.77. The molecule has 0 aromatic heterocycles. The van der Waals surface area contributed by atoms with Crippen LogP contribution in [0, 0.1) is 5.82 Å². The number of aldehydes is 1. The first kappa shape index (κ1) is 8.65. The lowest BCUT2D eigenvalue weighted by atomic mass is 10.1. The molecule has 0 unspecified atom stereocenters. The minimum atomic E-state index is -0.472. The van der Waals surface area contributed by atoms with E-state index in [2.05, 4.69) is 0 Å². The number of hydrogen-bond donors (Lipinski definition) is 0. The Balaban J connectivity index is 3.09. The topological polar surface area (TPSA) is 17.1 Å². The van der Waals surface area contributed by atoms with Crippen molar-refractivity contribution in [3.63, 3.8) is 0 Å². The maximum Gasteiger partial charge on any atom is 0.152 e. The average molecular weight is 164 g/mol. The van der Waals surface area contributed by atoms with Gasteiger partial charge in [-0.1, -0.05) is 18.2 Å². The fourth-order valence-electron chi connectivity index (χ4n) is 0.935. The molecule has 0 bridgehead atoms. The van der Waals surface area contributed by atoms with Crippen LogP contribution in [0.25, 0.3) is 6.08 Å². The fourth-order valence-corrected chi connectivity index (χ4v) is 0.935. The zero-order valence-corrected chi connectivity index (χ0v) is 6.75. The van der Waals surface area contributed by atoms with Gasteiger partial charge in [-0.15, -0.1) is 0 Å². The highest BCUT2D eigenvalue weighted by Gasteiger charge is 1.99. The number of halogens is 1. The molecule has 62 valence electrons. The number of rotatable bonds is 2. The van der Waals surface area contributed by atoms with Crippen LogP contribution in [0.4, 0.5) is 4.39 Å². The third kappa shape index (κ3) is 1.78. The van der Waals surface area contributed by atoms with E-state index in [4.69, 9.17) is 0 Å². The fraction of sp³-hybridized carbons (Fsp3) is 0.100. The Morgan fingerprint density at radius 1 is 1.42 bits per heavy atom. The molecular weight excluding hydrogens is 155 g/mol. The second-order valence-corrected chi connectivity index (χ2v) is 2.40. The molecule has 0 aliphatic carbocycles. The van der Waals surface area contributed by atoms with Gasteiger partial charge in [0.15, 0.2) is 6.29 Å². The largest absolute Gasteiger partial charge is 0.298 e. The zero-order chi connectivity index (χ0) is 8.97. The average Bonchev–Trinajstić information content (AvgIpc) is 2.05. The van der Waals surface area contributed by atoms with Gasteiger partial charge >= 0.3 is 0 Å². The Morgan fingerprint density at radius 3 is 2.67 bits per heavy atom. The molecule has 0 amide bonds. The molecule has 2 heteroatoms. The normalized spacial score (nSPS) is 10.5. The molecule has 0 saturated carbocycles. The van der Waals surface area contributed by atoms with Gasteiger partial charge < -0.3 is 0 Å².